The second kappa shape index (κ2) is 10.4. The predicted octanol–water partition coefficient (Wildman–Crippen LogP) is 3.78. The Balaban J connectivity index is 1.58. The summed E-state index contributed by atoms with van der Waals surface area (Å²) < 4.78 is 42.7. The summed E-state index contributed by atoms with van der Waals surface area (Å²) in [5.41, 5.74) is 3.38. The number of hydrogen-bond donors (Lipinski definition) is 1. The number of amides is 1. The van der Waals surface area contributed by atoms with Gasteiger partial charge in [0, 0.05) is 19.1 Å². The molecule has 0 aromatic heterocycles. The number of alkyl halides is 3. The number of fused-ring (bicyclic) bond motifs is 1. The third kappa shape index (κ3) is 6.25. The summed E-state index contributed by atoms with van der Waals surface area (Å²) in [7, 11) is 0. The Kier molecular flexibility index (Phi) is 7.59. The molecule has 1 unspecified atom stereocenters. The number of nitriles is 1. The number of anilines is 1. The van der Waals surface area contributed by atoms with Crippen molar-refractivity contribution in [3.05, 3.63) is 64.7 Å². The highest BCUT2D eigenvalue weighted by atomic mass is 19.4. The highest BCUT2D eigenvalue weighted by Crippen LogP contribution is 2.33. The number of benzene rings is 2. The molecule has 0 spiro atoms. The molecule has 0 saturated carbocycles. The van der Waals surface area contributed by atoms with E-state index < -0.39 is 18.1 Å². The summed E-state index contributed by atoms with van der Waals surface area (Å²) >= 11 is 0. The van der Waals surface area contributed by atoms with E-state index in [-0.39, 0.29) is 19.0 Å². The van der Waals surface area contributed by atoms with Crippen LogP contribution in [-0.4, -0.2) is 43.8 Å². The number of nitrogens with zero attached hydrogens (tertiary/aromatic N) is 2. The van der Waals surface area contributed by atoms with Gasteiger partial charge < -0.3 is 15.0 Å². The molecule has 33 heavy (non-hydrogen) atoms. The molecule has 1 aliphatic heterocycles. The molecular formula is C24H24F3N3O3. The molecule has 1 N–H and O–H groups in total. The molecule has 0 bridgehead atoms. The average Bonchev–Trinajstić information content (AvgIpc) is 3.18. The number of carbonyl (C=O) groups excluding carboxylic acids is 2. The number of ether oxygens (including phenoxy) is 1. The zero-order valence-electron chi connectivity index (χ0n) is 18.1. The number of halogens is 3. The first kappa shape index (κ1) is 24.1. The van der Waals surface area contributed by atoms with E-state index in [0.29, 0.717) is 42.6 Å². The lowest BCUT2D eigenvalue weighted by atomic mass is 9.99. The van der Waals surface area contributed by atoms with Crippen LogP contribution in [0.1, 0.15) is 40.4 Å². The molecule has 0 radical (unpaired) electrons. The molecule has 1 heterocycles. The summed E-state index contributed by atoms with van der Waals surface area (Å²) in [6, 6.07) is 13.7. The van der Waals surface area contributed by atoms with Gasteiger partial charge in [0.05, 0.1) is 23.4 Å². The van der Waals surface area contributed by atoms with Crippen LogP contribution in [0.15, 0.2) is 42.5 Å². The topological polar surface area (TPSA) is 82.4 Å². The van der Waals surface area contributed by atoms with Crippen molar-refractivity contribution in [2.24, 2.45) is 0 Å². The van der Waals surface area contributed by atoms with Crippen LogP contribution in [-0.2, 0) is 22.4 Å². The minimum atomic E-state index is -4.93. The largest absolute Gasteiger partial charge is 0.471 e. The molecule has 9 heteroatoms. The molecular weight excluding hydrogens is 435 g/mol. The lowest BCUT2D eigenvalue weighted by Gasteiger charge is -2.21. The van der Waals surface area contributed by atoms with E-state index in [9.17, 15) is 28.0 Å². The summed E-state index contributed by atoms with van der Waals surface area (Å²) in [6.07, 6.45) is -3.46. The van der Waals surface area contributed by atoms with Crippen molar-refractivity contribution in [2.75, 3.05) is 24.6 Å². The van der Waals surface area contributed by atoms with Crippen LogP contribution in [0.3, 0.4) is 0 Å². The van der Waals surface area contributed by atoms with Gasteiger partial charge in [-0.1, -0.05) is 24.3 Å². The van der Waals surface area contributed by atoms with Gasteiger partial charge in [-0.05, 0) is 55.5 Å². The minimum Gasteiger partial charge on any atom is -0.462 e. The first-order chi connectivity index (χ1) is 15.7. The predicted molar refractivity (Wildman–Crippen MR) is 116 cm³/mol. The maximum atomic E-state index is 12.5. The summed E-state index contributed by atoms with van der Waals surface area (Å²) in [4.78, 5) is 25.2. The number of esters is 1. The van der Waals surface area contributed by atoms with Crippen LogP contribution in [0.25, 0.3) is 0 Å². The van der Waals surface area contributed by atoms with Gasteiger partial charge in [-0.15, -0.1) is 0 Å². The van der Waals surface area contributed by atoms with Crippen molar-refractivity contribution in [2.45, 2.75) is 38.4 Å². The zero-order chi connectivity index (χ0) is 24.0. The Hall–Kier alpha value is -3.54. The lowest BCUT2D eigenvalue weighted by molar-refractivity contribution is -0.174. The van der Waals surface area contributed by atoms with Crippen molar-refractivity contribution in [1.29, 1.82) is 5.26 Å². The second-order valence-corrected chi connectivity index (χ2v) is 7.93. The van der Waals surface area contributed by atoms with Crippen LogP contribution in [0, 0.1) is 11.3 Å². The highest BCUT2D eigenvalue weighted by molar-refractivity contribution is 5.89. The smallest absolute Gasteiger partial charge is 0.462 e. The normalized spacial score (nSPS) is 13.7. The molecule has 3 rings (SSSR count). The SMILES string of the molecule is CC(Cc1cc(C#N)c2c(c1)CCN2CCCOC(=O)c1ccccc1)NC(=O)C(F)(F)F. The van der Waals surface area contributed by atoms with Gasteiger partial charge in [-0.25, -0.2) is 4.79 Å². The molecule has 1 atom stereocenters. The Morgan fingerprint density at radius 1 is 1.24 bits per heavy atom. The van der Waals surface area contributed by atoms with E-state index in [1.807, 2.05) is 17.4 Å². The lowest BCUT2D eigenvalue weighted by Crippen LogP contribution is -2.42. The molecule has 0 fully saturated rings. The van der Waals surface area contributed by atoms with Crippen molar-refractivity contribution >= 4 is 17.6 Å². The van der Waals surface area contributed by atoms with Crippen molar-refractivity contribution < 1.29 is 27.5 Å². The van der Waals surface area contributed by atoms with Gasteiger partial charge in [0.2, 0.25) is 0 Å². The first-order valence-corrected chi connectivity index (χ1v) is 10.6. The average molecular weight is 459 g/mol. The molecule has 0 aliphatic carbocycles. The number of carbonyl (C=O) groups is 2. The molecule has 2 aromatic carbocycles. The Bertz CT molecular complexity index is 1050. The van der Waals surface area contributed by atoms with Crippen LogP contribution in [0.2, 0.25) is 0 Å². The standard InChI is InChI=1S/C24H24F3N3O3/c1-16(29-23(32)24(25,26)27)12-17-13-19-8-10-30(21(19)20(14-17)15-28)9-5-11-33-22(31)18-6-3-2-4-7-18/h2-4,6-7,13-14,16H,5,8-12H2,1H3,(H,29,32). The van der Waals surface area contributed by atoms with Crippen LogP contribution in [0.5, 0.6) is 0 Å². The summed E-state index contributed by atoms with van der Waals surface area (Å²) in [5.74, 6) is -2.36. The zero-order valence-corrected chi connectivity index (χ0v) is 18.1. The molecule has 6 nitrogen and oxygen atoms in total. The maximum absolute atomic E-state index is 12.5. The van der Waals surface area contributed by atoms with Gasteiger partial charge in [0.1, 0.15) is 6.07 Å². The van der Waals surface area contributed by atoms with Crippen LogP contribution >= 0.6 is 0 Å². The number of nitrogens with one attached hydrogen (secondary N) is 1. The highest BCUT2D eigenvalue weighted by Gasteiger charge is 2.39. The maximum Gasteiger partial charge on any atom is 0.471 e. The fourth-order valence-electron chi connectivity index (χ4n) is 3.91. The van der Waals surface area contributed by atoms with Gasteiger partial charge in [0.25, 0.3) is 0 Å². The Labute approximate surface area is 189 Å². The van der Waals surface area contributed by atoms with Gasteiger partial charge in [-0.2, -0.15) is 18.4 Å². The van der Waals surface area contributed by atoms with E-state index >= 15 is 0 Å². The Morgan fingerprint density at radius 3 is 2.64 bits per heavy atom. The summed E-state index contributed by atoms with van der Waals surface area (Å²) in [5, 5.41) is 11.6. The third-order valence-electron chi connectivity index (χ3n) is 5.33. The fraction of sp³-hybridized carbons (Fsp3) is 0.375. The number of rotatable bonds is 8. The molecule has 2 aromatic rings. The Morgan fingerprint density at radius 2 is 1.97 bits per heavy atom. The minimum absolute atomic E-state index is 0.180. The van der Waals surface area contributed by atoms with E-state index in [4.69, 9.17) is 4.74 Å². The van der Waals surface area contributed by atoms with Gasteiger partial charge in [0.15, 0.2) is 0 Å². The van der Waals surface area contributed by atoms with E-state index in [0.717, 1.165) is 11.3 Å². The fourth-order valence-corrected chi connectivity index (χ4v) is 3.91. The molecule has 174 valence electrons. The second-order valence-electron chi connectivity index (χ2n) is 7.93. The number of hydrogen-bond acceptors (Lipinski definition) is 5. The van der Waals surface area contributed by atoms with Crippen LogP contribution in [0.4, 0.5) is 18.9 Å². The monoisotopic (exact) mass is 459 g/mol. The summed E-state index contributed by atoms with van der Waals surface area (Å²) in [6.45, 7) is 3.03. The third-order valence-corrected chi connectivity index (χ3v) is 5.33. The van der Waals surface area contributed by atoms with Crippen molar-refractivity contribution in [1.82, 2.24) is 5.32 Å². The van der Waals surface area contributed by atoms with Crippen LogP contribution < -0.4 is 10.2 Å². The molecule has 1 amide bonds. The molecule has 1 aliphatic rings. The quantitative estimate of drug-likeness (QED) is 0.480. The van der Waals surface area contributed by atoms with Crippen molar-refractivity contribution in [3.63, 3.8) is 0 Å². The van der Waals surface area contributed by atoms with E-state index in [2.05, 4.69) is 11.0 Å². The van der Waals surface area contributed by atoms with E-state index in [1.165, 1.54) is 6.92 Å². The first-order valence-electron chi connectivity index (χ1n) is 10.6. The van der Waals surface area contributed by atoms with Crippen molar-refractivity contribution in [3.8, 4) is 6.07 Å². The van der Waals surface area contributed by atoms with Gasteiger partial charge in [-0.3, -0.25) is 4.79 Å². The van der Waals surface area contributed by atoms with E-state index in [1.54, 1.807) is 30.3 Å². The van der Waals surface area contributed by atoms with Gasteiger partial charge >= 0.3 is 18.1 Å². The molecule has 0 saturated heterocycles.